The van der Waals surface area contributed by atoms with E-state index in [1.54, 1.807) is 6.07 Å². The van der Waals surface area contributed by atoms with E-state index in [1.165, 1.54) is 6.92 Å². The summed E-state index contributed by atoms with van der Waals surface area (Å²) in [6.45, 7) is 3.75. The Morgan fingerprint density at radius 1 is 1.09 bits per heavy atom. The van der Waals surface area contributed by atoms with Crippen LogP contribution >= 0.6 is 0 Å². The maximum absolute atomic E-state index is 13.9. The monoisotopic (exact) mass is 657 g/mol. The number of sulfonamides is 1. The number of ketones is 1. The van der Waals surface area contributed by atoms with E-state index in [4.69, 9.17) is 9.47 Å². The van der Waals surface area contributed by atoms with Crippen LogP contribution in [0.5, 0.6) is 0 Å². The minimum absolute atomic E-state index is 0.0417. The standard InChI is InChI=1S/C32H37F2N5O6S/c1-20(40)45-19-25-3-2-9-39(25)24-4-5-27(30(16-24)35-23-7-11-44-12-8-23)32(41)17-31-28-18-38(10-6-29(28)36-37-31)46(42,43)26-14-21(33)13-22(34)15-26/h4-5,13-16,23,25,35H,2-3,6-12,17-19H2,1H3,(H,36,37)/t25-/m0/s1. The Kier molecular flexibility index (Phi) is 9.39. The maximum atomic E-state index is 13.9. The zero-order chi connectivity index (χ0) is 32.4. The maximum Gasteiger partial charge on any atom is 0.302 e. The van der Waals surface area contributed by atoms with Crippen LogP contribution < -0.4 is 10.2 Å². The van der Waals surface area contributed by atoms with Gasteiger partial charge in [-0.05, 0) is 56.0 Å². The number of Topliss-reactive ketones (excluding diaryl/α,β-unsaturated/α-hetero) is 1. The Morgan fingerprint density at radius 2 is 1.85 bits per heavy atom. The van der Waals surface area contributed by atoms with Crippen molar-refractivity contribution in [1.82, 2.24) is 14.5 Å². The number of anilines is 2. The third kappa shape index (κ3) is 6.93. The summed E-state index contributed by atoms with van der Waals surface area (Å²) in [6, 6.07) is 8.06. The number of esters is 1. The van der Waals surface area contributed by atoms with Crippen molar-refractivity contribution >= 4 is 33.2 Å². The lowest BCUT2D eigenvalue weighted by Gasteiger charge is -2.29. The number of nitrogens with one attached hydrogen (secondary N) is 2. The van der Waals surface area contributed by atoms with E-state index in [1.807, 2.05) is 12.1 Å². The van der Waals surface area contributed by atoms with Crippen LogP contribution in [0.2, 0.25) is 0 Å². The van der Waals surface area contributed by atoms with Crippen LogP contribution in [0.3, 0.4) is 0 Å². The Morgan fingerprint density at radius 3 is 2.59 bits per heavy atom. The van der Waals surface area contributed by atoms with E-state index in [9.17, 15) is 26.8 Å². The first-order valence-electron chi connectivity index (χ1n) is 15.5. The second kappa shape index (κ2) is 13.5. The van der Waals surface area contributed by atoms with Gasteiger partial charge in [-0.1, -0.05) is 0 Å². The van der Waals surface area contributed by atoms with Gasteiger partial charge in [-0.25, -0.2) is 17.2 Å². The normalized spacial score (nSPS) is 19.2. The van der Waals surface area contributed by atoms with Crippen molar-refractivity contribution in [1.29, 1.82) is 0 Å². The van der Waals surface area contributed by atoms with Crippen molar-refractivity contribution < 1.29 is 36.3 Å². The van der Waals surface area contributed by atoms with Gasteiger partial charge in [0.1, 0.15) is 18.2 Å². The Bertz CT molecular complexity index is 1710. The lowest BCUT2D eigenvalue weighted by Crippen LogP contribution is -2.36. The highest BCUT2D eigenvalue weighted by molar-refractivity contribution is 7.89. The number of carbonyl (C=O) groups excluding carboxylic acids is 2. The van der Waals surface area contributed by atoms with Crippen LogP contribution in [0.15, 0.2) is 41.3 Å². The minimum Gasteiger partial charge on any atom is -0.464 e. The highest BCUT2D eigenvalue weighted by Gasteiger charge is 2.33. The van der Waals surface area contributed by atoms with E-state index >= 15 is 0 Å². The van der Waals surface area contributed by atoms with Crippen LogP contribution in [0.4, 0.5) is 20.2 Å². The number of fused-ring (bicyclic) bond motifs is 1. The van der Waals surface area contributed by atoms with Crippen molar-refractivity contribution in [2.24, 2.45) is 0 Å². The minimum atomic E-state index is -4.20. The van der Waals surface area contributed by atoms with Crippen molar-refractivity contribution in [3.8, 4) is 0 Å². The van der Waals surface area contributed by atoms with Crippen LogP contribution in [0, 0.1) is 11.6 Å². The van der Waals surface area contributed by atoms with Crippen molar-refractivity contribution in [2.45, 2.75) is 69.0 Å². The van der Waals surface area contributed by atoms with E-state index in [0.717, 1.165) is 60.0 Å². The molecule has 6 rings (SSSR count). The molecule has 246 valence electrons. The Hall–Kier alpha value is -3.88. The SMILES string of the molecule is CC(=O)OC[C@@H]1CCCN1c1ccc(C(=O)Cc2n[nH]c3c2CN(S(=O)(=O)c2cc(F)cc(F)c2)CC3)c(NC2CCOCC2)c1. The number of rotatable bonds is 10. The van der Waals surface area contributed by atoms with Crippen molar-refractivity contribution in [3.63, 3.8) is 0 Å². The first-order valence-corrected chi connectivity index (χ1v) is 17.0. The number of carbonyl (C=O) groups is 2. The van der Waals surface area contributed by atoms with Gasteiger partial charge < -0.3 is 19.7 Å². The van der Waals surface area contributed by atoms with Gasteiger partial charge in [-0.3, -0.25) is 14.7 Å². The van der Waals surface area contributed by atoms with E-state index in [0.29, 0.717) is 54.8 Å². The van der Waals surface area contributed by atoms with Crippen LogP contribution in [-0.4, -0.2) is 79.7 Å². The summed E-state index contributed by atoms with van der Waals surface area (Å²) in [5.41, 5.74) is 3.83. The van der Waals surface area contributed by atoms with Crippen LogP contribution in [0.1, 0.15) is 59.9 Å². The van der Waals surface area contributed by atoms with Gasteiger partial charge in [0.05, 0.1) is 23.1 Å². The lowest BCUT2D eigenvalue weighted by atomic mass is 9.98. The molecular weight excluding hydrogens is 620 g/mol. The fraction of sp³-hybridized carbons (Fsp3) is 0.469. The highest BCUT2D eigenvalue weighted by Crippen LogP contribution is 2.33. The summed E-state index contributed by atoms with van der Waals surface area (Å²) in [5, 5.41) is 10.9. The second-order valence-electron chi connectivity index (χ2n) is 12.0. The molecule has 1 atom stereocenters. The Balaban J connectivity index is 1.24. The van der Waals surface area contributed by atoms with Gasteiger partial charge in [-0.2, -0.15) is 9.40 Å². The molecule has 3 aromatic rings. The number of aromatic amines is 1. The first kappa shape index (κ1) is 32.1. The molecule has 2 N–H and O–H groups in total. The zero-order valence-electron chi connectivity index (χ0n) is 25.6. The summed E-state index contributed by atoms with van der Waals surface area (Å²) >= 11 is 0. The predicted molar refractivity (Wildman–Crippen MR) is 165 cm³/mol. The molecular formula is C32H37F2N5O6S. The van der Waals surface area contributed by atoms with Gasteiger partial charge in [-0.15, -0.1) is 0 Å². The molecule has 2 fully saturated rings. The largest absolute Gasteiger partial charge is 0.464 e. The van der Waals surface area contributed by atoms with Crippen LogP contribution in [0.25, 0.3) is 0 Å². The average molecular weight is 658 g/mol. The molecule has 0 radical (unpaired) electrons. The number of aromatic nitrogens is 2. The molecule has 0 amide bonds. The van der Waals surface area contributed by atoms with Gasteiger partial charge >= 0.3 is 5.97 Å². The summed E-state index contributed by atoms with van der Waals surface area (Å²) in [7, 11) is -4.20. The number of hydrogen-bond donors (Lipinski definition) is 2. The summed E-state index contributed by atoms with van der Waals surface area (Å²) < 4.78 is 66.3. The second-order valence-corrected chi connectivity index (χ2v) is 13.9. The van der Waals surface area contributed by atoms with E-state index < -0.39 is 26.6 Å². The third-order valence-electron chi connectivity index (χ3n) is 8.86. The smallest absolute Gasteiger partial charge is 0.302 e. The molecule has 3 aliphatic heterocycles. The number of benzene rings is 2. The number of H-pyrrole nitrogens is 1. The van der Waals surface area contributed by atoms with Crippen molar-refractivity contribution in [2.75, 3.05) is 43.1 Å². The number of halogens is 2. The molecule has 1 aromatic heterocycles. The topological polar surface area (TPSA) is 134 Å². The van der Waals surface area contributed by atoms with E-state index in [2.05, 4.69) is 20.4 Å². The molecule has 0 bridgehead atoms. The molecule has 0 unspecified atom stereocenters. The summed E-state index contributed by atoms with van der Waals surface area (Å²) in [5.74, 6) is -2.47. The molecule has 3 aliphatic rings. The fourth-order valence-corrected chi connectivity index (χ4v) is 7.90. The number of hydrogen-bond acceptors (Lipinski definition) is 9. The van der Waals surface area contributed by atoms with Gasteiger partial charge in [0.15, 0.2) is 5.78 Å². The predicted octanol–water partition coefficient (Wildman–Crippen LogP) is 3.98. The quantitative estimate of drug-likeness (QED) is 0.245. The first-order chi connectivity index (χ1) is 22.1. The van der Waals surface area contributed by atoms with Gasteiger partial charge in [0, 0.05) is 86.5 Å². The number of nitrogens with zero attached hydrogens (tertiary/aromatic N) is 3. The van der Waals surface area contributed by atoms with Crippen molar-refractivity contribution in [3.05, 3.63) is 70.5 Å². The molecule has 2 saturated heterocycles. The molecule has 2 aromatic carbocycles. The Labute approximate surface area is 266 Å². The molecule has 0 spiro atoms. The molecule has 0 saturated carbocycles. The van der Waals surface area contributed by atoms with Gasteiger partial charge in [0.2, 0.25) is 10.0 Å². The summed E-state index contributed by atoms with van der Waals surface area (Å²) in [6.07, 6.45) is 3.67. The zero-order valence-corrected chi connectivity index (χ0v) is 26.4. The fourth-order valence-electron chi connectivity index (χ4n) is 6.45. The van der Waals surface area contributed by atoms with Gasteiger partial charge in [0.25, 0.3) is 0 Å². The summed E-state index contributed by atoms with van der Waals surface area (Å²) in [4.78, 5) is 27.1. The molecule has 46 heavy (non-hydrogen) atoms. The molecule has 11 nitrogen and oxygen atoms in total. The highest BCUT2D eigenvalue weighted by atomic mass is 32.2. The molecule has 4 heterocycles. The molecule has 14 heteroatoms. The van der Waals surface area contributed by atoms with E-state index in [-0.39, 0.29) is 43.3 Å². The number of ether oxygens (including phenoxy) is 2. The average Bonchev–Trinajstić information content (AvgIpc) is 3.67. The third-order valence-corrected chi connectivity index (χ3v) is 10.7. The lowest BCUT2D eigenvalue weighted by molar-refractivity contribution is -0.141. The van der Waals surface area contributed by atoms with Crippen LogP contribution in [-0.2, 0) is 43.7 Å². The molecule has 0 aliphatic carbocycles.